The summed E-state index contributed by atoms with van der Waals surface area (Å²) in [5.41, 5.74) is 2.05. The summed E-state index contributed by atoms with van der Waals surface area (Å²) < 4.78 is 5.63. The zero-order valence-corrected chi connectivity index (χ0v) is 16.2. The van der Waals surface area contributed by atoms with E-state index in [1.165, 1.54) is 6.92 Å². The van der Waals surface area contributed by atoms with Crippen molar-refractivity contribution in [3.8, 4) is 5.75 Å². The van der Waals surface area contributed by atoms with E-state index in [1.54, 1.807) is 0 Å². The van der Waals surface area contributed by atoms with Gasteiger partial charge in [0.25, 0.3) is 0 Å². The standard InChI is InChI=1S/C22H28N2O3/c1-16(2)27-20-11-9-18(10-12-20)13-14-23-22(26)15-21(24-17(3)25)19-7-5-4-6-8-19/h4-12,16,21H,13-15H2,1-3H3,(H,23,26)(H,24,25). The minimum absolute atomic E-state index is 0.0858. The summed E-state index contributed by atoms with van der Waals surface area (Å²) >= 11 is 0. The van der Waals surface area contributed by atoms with Gasteiger partial charge in [-0.2, -0.15) is 0 Å². The molecule has 0 aliphatic rings. The SMILES string of the molecule is CC(=O)NC(CC(=O)NCCc1ccc(OC(C)C)cc1)c1ccccc1. The predicted octanol–water partition coefficient (Wildman–Crippen LogP) is 3.40. The second kappa shape index (κ2) is 10.4. The zero-order valence-electron chi connectivity index (χ0n) is 16.2. The highest BCUT2D eigenvalue weighted by atomic mass is 16.5. The number of carbonyl (C=O) groups is 2. The number of hydrogen-bond donors (Lipinski definition) is 2. The molecule has 0 aliphatic heterocycles. The van der Waals surface area contributed by atoms with Gasteiger partial charge in [0.15, 0.2) is 0 Å². The third-order valence-electron chi connectivity index (χ3n) is 4.00. The zero-order chi connectivity index (χ0) is 19.6. The predicted molar refractivity (Wildman–Crippen MR) is 107 cm³/mol. The Morgan fingerprint density at radius 2 is 1.67 bits per heavy atom. The van der Waals surface area contributed by atoms with Crippen molar-refractivity contribution in [1.82, 2.24) is 10.6 Å². The van der Waals surface area contributed by atoms with Gasteiger partial charge in [-0.3, -0.25) is 9.59 Å². The van der Waals surface area contributed by atoms with Gasteiger partial charge in [-0.25, -0.2) is 0 Å². The van der Waals surface area contributed by atoms with Gasteiger partial charge in [0.1, 0.15) is 5.75 Å². The molecule has 2 rings (SSSR count). The topological polar surface area (TPSA) is 67.4 Å². The first-order valence-corrected chi connectivity index (χ1v) is 9.28. The lowest BCUT2D eigenvalue weighted by molar-refractivity contribution is -0.122. The van der Waals surface area contributed by atoms with E-state index in [1.807, 2.05) is 68.4 Å². The van der Waals surface area contributed by atoms with Crippen LogP contribution >= 0.6 is 0 Å². The van der Waals surface area contributed by atoms with Crippen molar-refractivity contribution in [2.75, 3.05) is 6.54 Å². The molecule has 1 atom stereocenters. The van der Waals surface area contributed by atoms with E-state index in [9.17, 15) is 9.59 Å². The number of rotatable bonds is 9. The lowest BCUT2D eigenvalue weighted by Crippen LogP contribution is -2.33. The van der Waals surface area contributed by atoms with Crippen molar-refractivity contribution in [2.24, 2.45) is 0 Å². The summed E-state index contributed by atoms with van der Waals surface area (Å²) in [4.78, 5) is 23.7. The summed E-state index contributed by atoms with van der Waals surface area (Å²) in [7, 11) is 0. The Hall–Kier alpha value is -2.82. The maximum atomic E-state index is 12.3. The summed E-state index contributed by atoms with van der Waals surface area (Å²) in [6, 6.07) is 17.1. The highest BCUT2D eigenvalue weighted by Gasteiger charge is 2.16. The molecule has 0 saturated carbocycles. The molecular weight excluding hydrogens is 340 g/mol. The van der Waals surface area contributed by atoms with E-state index < -0.39 is 0 Å². The average molecular weight is 368 g/mol. The molecule has 2 N–H and O–H groups in total. The Labute approximate surface area is 161 Å². The molecule has 0 radical (unpaired) electrons. The molecule has 27 heavy (non-hydrogen) atoms. The molecule has 5 nitrogen and oxygen atoms in total. The van der Waals surface area contributed by atoms with Gasteiger partial charge < -0.3 is 15.4 Å². The third-order valence-corrected chi connectivity index (χ3v) is 4.00. The monoisotopic (exact) mass is 368 g/mol. The van der Waals surface area contributed by atoms with Crippen LogP contribution in [0.5, 0.6) is 5.75 Å². The van der Waals surface area contributed by atoms with E-state index in [2.05, 4.69) is 10.6 Å². The van der Waals surface area contributed by atoms with Gasteiger partial charge in [0, 0.05) is 13.5 Å². The van der Waals surface area contributed by atoms with E-state index in [4.69, 9.17) is 4.74 Å². The molecule has 2 aromatic carbocycles. The minimum atomic E-state index is -0.323. The third kappa shape index (κ3) is 7.52. The molecule has 1 unspecified atom stereocenters. The molecule has 0 saturated heterocycles. The molecular formula is C22H28N2O3. The Balaban J connectivity index is 1.82. The fraction of sp³-hybridized carbons (Fsp3) is 0.364. The highest BCUT2D eigenvalue weighted by Crippen LogP contribution is 2.17. The average Bonchev–Trinajstić information content (AvgIpc) is 2.62. The summed E-state index contributed by atoms with van der Waals surface area (Å²) in [6.07, 6.45) is 1.10. The summed E-state index contributed by atoms with van der Waals surface area (Å²) in [5, 5.41) is 5.77. The quantitative estimate of drug-likeness (QED) is 0.713. The van der Waals surface area contributed by atoms with Crippen molar-refractivity contribution >= 4 is 11.8 Å². The number of hydrogen-bond acceptors (Lipinski definition) is 3. The van der Waals surface area contributed by atoms with Crippen LogP contribution in [0.4, 0.5) is 0 Å². The molecule has 0 spiro atoms. The van der Waals surface area contributed by atoms with E-state index in [0.29, 0.717) is 6.54 Å². The van der Waals surface area contributed by atoms with Gasteiger partial charge >= 0.3 is 0 Å². The summed E-state index contributed by atoms with van der Waals surface area (Å²) in [5.74, 6) is 0.608. The van der Waals surface area contributed by atoms with Crippen LogP contribution < -0.4 is 15.4 Å². The first kappa shape index (κ1) is 20.5. The van der Waals surface area contributed by atoms with Crippen molar-refractivity contribution in [3.05, 3.63) is 65.7 Å². The molecule has 0 heterocycles. The van der Waals surface area contributed by atoms with E-state index in [-0.39, 0.29) is 30.4 Å². The van der Waals surface area contributed by atoms with E-state index in [0.717, 1.165) is 23.3 Å². The Morgan fingerprint density at radius 3 is 2.26 bits per heavy atom. The number of amides is 2. The maximum absolute atomic E-state index is 12.3. The van der Waals surface area contributed by atoms with E-state index >= 15 is 0 Å². The smallest absolute Gasteiger partial charge is 0.222 e. The first-order chi connectivity index (χ1) is 12.9. The fourth-order valence-electron chi connectivity index (χ4n) is 2.79. The molecule has 5 heteroatoms. The normalized spacial score (nSPS) is 11.7. The second-order valence-electron chi connectivity index (χ2n) is 6.78. The van der Waals surface area contributed by atoms with Crippen LogP contribution in [0.3, 0.4) is 0 Å². The Morgan fingerprint density at radius 1 is 1.00 bits per heavy atom. The summed E-state index contributed by atoms with van der Waals surface area (Å²) in [6.45, 7) is 5.99. The van der Waals surface area contributed by atoms with Crippen LogP contribution in [-0.2, 0) is 16.0 Å². The molecule has 0 aliphatic carbocycles. The van der Waals surface area contributed by atoms with Crippen molar-refractivity contribution in [1.29, 1.82) is 0 Å². The van der Waals surface area contributed by atoms with Gasteiger partial charge in [0.2, 0.25) is 11.8 Å². The van der Waals surface area contributed by atoms with Crippen LogP contribution in [-0.4, -0.2) is 24.5 Å². The lowest BCUT2D eigenvalue weighted by Gasteiger charge is -2.18. The molecule has 0 fully saturated rings. The second-order valence-corrected chi connectivity index (χ2v) is 6.78. The highest BCUT2D eigenvalue weighted by molar-refractivity contribution is 5.79. The Bertz CT molecular complexity index is 727. The van der Waals surface area contributed by atoms with Crippen LogP contribution in [0, 0.1) is 0 Å². The van der Waals surface area contributed by atoms with Crippen LogP contribution in [0.2, 0.25) is 0 Å². The molecule has 0 bridgehead atoms. The molecule has 2 amide bonds. The largest absolute Gasteiger partial charge is 0.491 e. The van der Waals surface area contributed by atoms with Gasteiger partial charge in [-0.05, 0) is 43.5 Å². The Kier molecular flexibility index (Phi) is 7.86. The van der Waals surface area contributed by atoms with Gasteiger partial charge in [-0.15, -0.1) is 0 Å². The lowest BCUT2D eigenvalue weighted by atomic mass is 10.0. The van der Waals surface area contributed by atoms with Crippen LogP contribution in [0.15, 0.2) is 54.6 Å². The van der Waals surface area contributed by atoms with Gasteiger partial charge in [0.05, 0.1) is 18.6 Å². The van der Waals surface area contributed by atoms with Crippen molar-refractivity contribution in [3.63, 3.8) is 0 Å². The van der Waals surface area contributed by atoms with Crippen LogP contribution in [0.25, 0.3) is 0 Å². The van der Waals surface area contributed by atoms with Crippen molar-refractivity contribution < 1.29 is 14.3 Å². The number of ether oxygens (including phenoxy) is 1. The maximum Gasteiger partial charge on any atom is 0.222 e. The van der Waals surface area contributed by atoms with Crippen LogP contribution in [0.1, 0.15) is 44.4 Å². The number of benzene rings is 2. The molecule has 0 aromatic heterocycles. The molecule has 144 valence electrons. The fourth-order valence-corrected chi connectivity index (χ4v) is 2.79. The van der Waals surface area contributed by atoms with Crippen molar-refractivity contribution in [2.45, 2.75) is 45.8 Å². The number of nitrogens with one attached hydrogen (secondary N) is 2. The van der Waals surface area contributed by atoms with Gasteiger partial charge in [-0.1, -0.05) is 42.5 Å². The first-order valence-electron chi connectivity index (χ1n) is 9.28. The molecule has 2 aromatic rings. The number of carbonyl (C=O) groups excluding carboxylic acids is 2. The minimum Gasteiger partial charge on any atom is -0.491 e.